The van der Waals surface area contributed by atoms with Crippen molar-refractivity contribution in [1.82, 2.24) is 29.6 Å². The molecule has 4 aromatic heterocycles. The Kier molecular flexibility index (Phi) is 6.27. The van der Waals surface area contributed by atoms with Gasteiger partial charge >= 0.3 is 0 Å². The normalized spacial score (nSPS) is 18.0. The zero-order valence-electron chi connectivity index (χ0n) is 20.9. The molecule has 5 rings (SSSR count). The van der Waals surface area contributed by atoms with Crippen molar-refractivity contribution in [3.8, 4) is 11.3 Å². The van der Waals surface area contributed by atoms with Crippen molar-refractivity contribution in [3.05, 3.63) is 54.2 Å². The van der Waals surface area contributed by atoms with Crippen molar-refractivity contribution in [3.63, 3.8) is 0 Å². The van der Waals surface area contributed by atoms with E-state index in [-0.39, 0.29) is 11.8 Å². The third-order valence-electron chi connectivity index (χ3n) is 6.80. The van der Waals surface area contributed by atoms with E-state index in [1.54, 1.807) is 29.2 Å². The van der Waals surface area contributed by atoms with Crippen molar-refractivity contribution in [1.29, 1.82) is 0 Å². The number of nitrogens with one attached hydrogen (secondary N) is 3. The fourth-order valence-electron chi connectivity index (χ4n) is 4.56. The molecule has 2 amide bonds. The summed E-state index contributed by atoms with van der Waals surface area (Å²) in [5, 5.41) is 10.8. The predicted molar refractivity (Wildman–Crippen MR) is 139 cm³/mol. The van der Waals surface area contributed by atoms with Crippen LogP contribution in [0.4, 0.5) is 11.4 Å². The first kappa shape index (κ1) is 23.7. The maximum Gasteiger partial charge on any atom is 0.257 e. The van der Waals surface area contributed by atoms with Gasteiger partial charge in [-0.05, 0) is 37.0 Å². The Morgan fingerprint density at radius 1 is 1.06 bits per heavy atom. The maximum absolute atomic E-state index is 13.0. The number of nitrogens with zero attached hydrogens (tertiary/aromatic N) is 5. The highest BCUT2D eigenvalue weighted by Crippen LogP contribution is 2.25. The number of hydrogen-bond donors (Lipinski definition) is 3. The zero-order valence-corrected chi connectivity index (χ0v) is 20.9. The largest absolute Gasteiger partial charge is 0.339 e. The summed E-state index contributed by atoms with van der Waals surface area (Å²) in [7, 11) is 1.86. The molecule has 10 heteroatoms. The van der Waals surface area contributed by atoms with Gasteiger partial charge in [-0.15, -0.1) is 0 Å². The highest BCUT2D eigenvalue weighted by molar-refractivity contribution is 6.06. The maximum atomic E-state index is 13.0. The summed E-state index contributed by atoms with van der Waals surface area (Å²) >= 11 is 0. The predicted octanol–water partition coefficient (Wildman–Crippen LogP) is 3.45. The van der Waals surface area contributed by atoms with E-state index in [9.17, 15) is 9.59 Å². The fraction of sp³-hybridized carbons (Fsp3) is 0.346. The van der Waals surface area contributed by atoms with Gasteiger partial charge in [0.05, 0.1) is 47.3 Å². The van der Waals surface area contributed by atoms with Gasteiger partial charge in [-0.2, -0.15) is 5.10 Å². The number of pyridine rings is 2. The number of H-pyrrole nitrogens is 1. The number of aryl methyl sites for hydroxylation is 2. The van der Waals surface area contributed by atoms with Crippen molar-refractivity contribution < 1.29 is 9.59 Å². The molecule has 2 atom stereocenters. The number of aromatic nitrogens is 5. The average molecular weight is 487 g/mol. The van der Waals surface area contributed by atoms with Crippen molar-refractivity contribution in [2.24, 2.45) is 18.9 Å². The summed E-state index contributed by atoms with van der Waals surface area (Å²) in [6, 6.07) is 5.47. The van der Waals surface area contributed by atoms with Crippen LogP contribution in [0.25, 0.3) is 22.3 Å². The number of likely N-dealkylation sites (tertiary alicyclic amines) is 1. The molecular weight excluding hydrogens is 456 g/mol. The summed E-state index contributed by atoms with van der Waals surface area (Å²) in [4.78, 5) is 39.8. The Balaban J connectivity index is 1.27. The van der Waals surface area contributed by atoms with E-state index in [0.29, 0.717) is 46.7 Å². The minimum atomic E-state index is -0.304. The number of anilines is 2. The summed E-state index contributed by atoms with van der Waals surface area (Å²) < 4.78 is 1.73. The van der Waals surface area contributed by atoms with Crippen LogP contribution in [0.15, 0.2) is 43.0 Å². The molecule has 1 saturated heterocycles. The molecule has 0 aromatic carbocycles. The molecule has 0 spiro atoms. The van der Waals surface area contributed by atoms with Gasteiger partial charge in [0.25, 0.3) is 5.91 Å². The molecule has 1 aliphatic rings. The van der Waals surface area contributed by atoms with Gasteiger partial charge in [0.1, 0.15) is 5.65 Å². The van der Waals surface area contributed by atoms with Crippen LogP contribution in [0.1, 0.15) is 29.9 Å². The fourth-order valence-corrected chi connectivity index (χ4v) is 4.56. The molecule has 36 heavy (non-hydrogen) atoms. The Morgan fingerprint density at radius 3 is 2.56 bits per heavy atom. The van der Waals surface area contributed by atoms with E-state index >= 15 is 0 Å². The number of amides is 2. The van der Waals surface area contributed by atoms with Crippen molar-refractivity contribution >= 4 is 34.2 Å². The van der Waals surface area contributed by atoms with Gasteiger partial charge in [-0.1, -0.05) is 13.8 Å². The molecular formula is C26H30N8O2. The monoisotopic (exact) mass is 486 g/mol. The lowest BCUT2D eigenvalue weighted by atomic mass is 10.0. The van der Waals surface area contributed by atoms with Crippen LogP contribution >= 0.6 is 0 Å². The molecule has 186 valence electrons. The Bertz CT molecular complexity index is 1430. The van der Waals surface area contributed by atoms with Crippen LogP contribution in [0.5, 0.6) is 0 Å². The van der Waals surface area contributed by atoms with Gasteiger partial charge in [-0.25, -0.2) is 4.98 Å². The second-order valence-electron chi connectivity index (χ2n) is 9.76. The lowest BCUT2D eigenvalue weighted by molar-refractivity contribution is -0.117. The third-order valence-corrected chi connectivity index (χ3v) is 6.80. The second kappa shape index (κ2) is 9.54. The summed E-state index contributed by atoms with van der Waals surface area (Å²) in [5.41, 5.74) is 4.66. The quantitative estimate of drug-likeness (QED) is 0.384. The molecule has 0 radical (unpaired) electrons. The molecule has 3 N–H and O–H groups in total. The highest BCUT2D eigenvalue weighted by Gasteiger charge is 2.27. The Labute approximate surface area is 209 Å². The van der Waals surface area contributed by atoms with Crippen molar-refractivity contribution in [2.75, 3.05) is 30.3 Å². The number of rotatable bonds is 6. The highest BCUT2D eigenvalue weighted by atomic mass is 16.2. The average Bonchev–Trinajstić information content (AvgIpc) is 3.53. The number of hydrogen-bond acceptors (Lipinski definition) is 6. The van der Waals surface area contributed by atoms with Crippen LogP contribution in [0.2, 0.25) is 0 Å². The Morgan fingerprint density at radius 2 is 1.83 bits per heavy atom. The molecule has 10 nitrogen and oxygen atoms in total. The summed E-state index contributed by atoms with van der Waals surface area (Å²) in [5.74, 6) is 0.776. The molecule has 1 fully saturated rings. The van der Waals surface area contributed by atoms with E-state index < -0.39 is 0 Å². The van der Waals surface area contributed by atoms with E-state index in [2.05, 4.69) is 49.4 Å². The Hall–Kier alpha value is -4.05. The first-order chi connectivity index (χ1) is 17.2. The van der Waals surface area contributed by atoms with E-state index in [1.165, 1.54) is 6.20 Å². The molecule has 4 aromatic rings. The SMILES string of the molecule is Cc1ncc(NC(=O)CN2CC(C)C(C)C2)cc1NC(=O)c1cnc2[nH]c(-c3cnn(C)c3)cc2c1. The number of carbonyl (C=O) groups excluding carboxylic acids is 2. The molecule has 0 saturated carbocycles. The second-order valence-corrected chi connectivity index (χ2v) is 9.76. The van der Waals surface area contributed by atoms with Crippen LogP contribution in [0, 0.1) is 18.8 Å². The first-order valence-electron chi connectivity index (χ1n) is 12.0. The lowest BCUT2D eigenvalue weighted by Gasteiger charge is -2.15. The molecule has 5 heterocycles. The smallest absolute Gasteiger partial charge is 0.257 e. The van der Waals surface area contributed by atoms with Gasteiger partial charge in [0.2, 0.25) is 5.91 Å². The van der Waals surface area contributed by atoms with Crippen LogP contribution < -0.4 is 10.6 Å². The molecule has 1 aliphatic heterocycles. The minimum absolute atomic E-state index is 0.0919. The number of fused-ring (bicyclic) bond motifs is 1. The standard InChI is InChI=1S/C26H30N8O2/c1-15-11-34(12-16(15)2)14-24(35)30-21-7-22(17(3)27-10-21)32-26(36)19-5-18-6-23(31-25(18)28-8-19)20-9-29-33(4)13-20/h5-10,13,15-16H,11-12,14H2,1-4H3,(H,28,31)(H,30,35)(H,32,36). The van der Waals surface area contributed by atoms with Crippen LogP contribution in [-0.2, 0) is 11.8 Å². The third kappa shape index (κ3) is 4.99. The van der Waals surface area contributed by atoms with Gasteiger partial charge in [0, 0.05) is 43.5 Å². The minimum Gasteiger partial charge on any atom is -0.339 e. The topological polar surface area (TPSA) is 121 Å². The summed E-state index contributed by atoms with van der Waals surface area (Å²) in [6.45, 7) is 8.42. The van der Waals surface area contributed by atoms with Gasteiger partial charge < -0.3 is 15.6 Å². The molecule has 2 unspecified atom stereocenters. The van der Waals surface area contributed by atoms with Crippen LogP contribution in [-0.4, -0.2) is 61.1 Å². The number of aromatic amines is 1. The van der Waals surface area contributed by atoms with Gasteiger partial charge in [0.15, 0.2) is 0 Å². The summed E-state index contributed by atoms with van der Waals surface area (Å²) in [6.07, 6.45) is 6.82. The molecule has 0 bridgehead atoms. The molecule has 0 aliphatic carbocycles. The first-order valence-corrected chi connectivity index (χ1v) is 12.0. The van der Waals surface area contributed by atoms with Gasteiger partial charge in [-0.3, -0.25) is 24.2 Å². The lowest BCUT2D eigenvalue weighted by Crippen LogP contribution is -2.31. The van der Waals surface area contributed by atoms with Crippen LogP contribution in [0.3, 0.4) is 0 Å². The van der Waals surface area contributed by atoms with E-state index in [4.69, 9.17) is 0 Å². The zero-order chi connectivity index (χ0) is 25.4. The van der Waals surface area contributed by atoms with Crippen molar-refractivity contribution in [2.45, 2.75) is 20.8 Å². The van der Waals surface area contributed by atoms with E-state index in [1.807, 2.05) is 26.2 Å². The van der Waals surface area contributed by atoms with E-state index in [0.717, 1.165) is 29.7 Å². The number of carbonyl (C=O) groups is 2.